The second-order valence-electron chi connectivity index (χ2n) is 9.76. The lowest BCUT2D eigenvalue weighted by Crippen LogP contribution is -2.48. The fourth-order valence-electron chi connectivity index (χ4n) is 4.31. The Morgan fingerprint density at radius 1 is 0.972 bits per heavy atom. The second kappa shape index (κ2) is 10.6. The number of piperazine rings is 1. The molecule has 0 spiro atoms. The summed E-state index contributed by atoms with van der Waals surface area (Å²) in [6.45, 7) is 6.98. The number of anilines is 1. The highest BCUT2D eigenvalue weighted by molar-refractivity contribution is 6.11. The number of hydrogen-bond donors (Lipinski definition) is 0. The first-order chi connectivity index (χ1) is 17.2. The van der Waals surface area contributed by atoms with Crippen molar-refractivity contribution >= 4 is 23.2 Å². The van der Waals surface area contributed by atoms with Crippen molar-refractivity contribution in [3.8, 4) is 17.2 Å². The number of rotatable bonds is 7. The lowest BCUT2D eigenvalue weighted by molar-refractivity contribution is -0.135. The zero-order valence-corrected chi connectivity index (χ0v) is 21.6. The van der Waals surface area contributed by atoms with Gasteiger partial charge in [0.05, 0.1) is 31.0 Å². The monoisotopic (exact) mass is 494 g/mol. The summed E-state index contributed by atoms with van der Waals surface area (Å²) in [7, 11) is 5.23. The summed E-state index contributed by atoms with van der Waals surface area (Å²) in [4.78, 5) is 29.7. The van der Waals surface area contributed by atoms with Crippen LogP contribution in [0.5, 0.6) is 17.2 Å². The van der Waals surface area contributed by atoms with E-state index in [0.29, 0.717) is 42.4 Å². The van der Waals surface area contributed by atoms with Gasteiger partial charge in [-0.25, -0.2) is 5.01 Å². The van der Waals surface area contributed by atoms with Gasteiger partial charge in [-0.15, -0.1) is 0 Å². The van der Waals surface area contributed by atoms with Gasteiger partial charge in [0.1, 0.15) is 5.75 Å². The van der Waals surface area contributed by atoms with E-state index >= 15 is 0 Å². The molecule has 2 aliphatic rings. The van der Waals surface area contributed by atoms with Gasteiger partial charge in [0.25, 0.3) is 11.8 Å². The molecule has 9 nitrogen and oxygen atoms in total. The third-order valence-electron chi connectivity index (χ3n) is 6.62. The molecular weight excluding hydrogens is 460 g/mol. The van der Waals surface area contributed by atoms with Gasteiger partial charge in [0, 0.05) is 38.2 Å². The minimum Gasteiger partial charge on any atom is -0.493 e. The van der Waals surface area contributed by atoms with Crippen molar-refractivity contribution in [1.29, 1.82) is 0 Å². The first kappa shape index (κ1) is 25.5. The highest BCUT2D eigenvalue weighted by Gasteiger charge is 2.39. The van der Waals surface area contributed by atoms with Crippen LogP contribution in [0.4, 0.5) is 5.69 Å². The number of carbonyl (C=O) groups excluding carboxylic acids is 2. The fourth-order valence-corrected chi connectivity index (χ4v) is 4.31. The molecule has 0 N–H and O–H groups in total. The van der Waals surface area contributed by atoms with Gasteiger partial charge >= 0.3 is 0 Å². The van der Waals surface area contributed by atoms with E-state index in [1.54, 1.807) is 38.5 Å². The van der Waals surface area contributed by atoms with Crippen LogP contribution >= 0.6 is 0 Å². The number of amides is 2. The topological polar surface area (TPSA) is 83.9 Å². The molecule has 0 atom stereocenters. The normalized spacial score (nSPS) is 18.0. The zero-order chi connectivity index (χ0) is 25.9. The molecular formula is C27H34N4O5. The summed E-state index contributed by atoms with van der Waals surface area (Å²) >= 11 is 0. The molecule has 1 saturated heterocycles. The van der Waals surface area contributed by atoms with Crippen molar-refractivity contribution in [2.24, 2.45) is 10.5 Å². The Morgan fingerprint density at radius 2 is 1.64 bits per heavy atom. The molecule has 192 valence electrons. The van der Waals surface area contributed by atoms with Gasteiger partial charge in [-0.05, 0) is 49.5 Å². The Morgan fingerprint density at radius 3 is 2.28 bits per heavy atom. The predicted octanol–water partition coefficient (Wildman–Crippen LogP) is 3.02. The lowest BCUT2D eigenvalue weighted by atomic mass is 9.82. The van der Waals surface area contributed by atoms with Gasteiger partial charge < -0.3 is 24.0 Å². The average molecular weight is 495 g/mol. The molecule has 2 aliphatic heterocycles. The SMILES string of the molecule is COc1ccc(C2=NN(c3ccc(OCC(=O)N4CCN(C)CC4)cc3)C(=O)C(C)(C)C2)cc1OC. The maximum atomic E-state index is 13.2. The third-order valence-corrected chi connectivity index (χ3v) is 6.62. The van der Waals surface area contributed by atoms with Crippen LogP contribution < -0.4 is 19.2 Å². The number of carbonyl (C=O) groups is 2. The van der Waals surface area contributed by atoms with Crippen LogP contribution in [-0.4, -0.2) is 81.4 Å². The van der Waals surface area contributed by atoms with Crippen LogP contribution in [0.2, 0.25) is 0 Å². The predicted molar refractivity (Wildman–Crippen MR) is 138 cm³/mol. The summed E-state index contributed by atoms with van der Waals surface area (Å²) in [6.07, 6.45) is 0.493. The molecule has 2 amide bonds. The first-order valence-electron chi connectivity index (χ1n) is 12.1. The summed E-state index contributed by atoms with van der Waals surface area (Å²) in [6, 6.07) is 12.7. The first-order valence-corrected chi connectivity index (χ1v) is 12.1. The molecule has 0 unspecified atom stereocenters. The van der Waals surface area contributed by atoms with Crippen molar-refractivity contribution in [2.75, 3.05) is 59.1 Å². The smallest absolute Gasteiger partial charge is 0.260 e. The molecule has 9 heteroatoms. The maximum absolute atomic E-state index is 13.2. The molecule has 0 bridgehead atoms. The van der Waals surface area contributed by atoms with Crippen molar-refractivity contribution in [1.82, 2.24) is 9.80 Å². The van der Waals surface area contributed by atoms with E-state index < -0.39 is 5.41 Å². The highest BCUT2D eigenvalue weighted by Crippen LogP contribution is 2.36. The van der Waals surface area contributed by atoms with E-state index in [2.05, 4.69) is 11.9 Å². The Bertz CT molecular complexity index is 1140. The quantitative estimate of drug-likeness (QED) is 0.589. The fraction of sp³-hybridized carbons (Fsp3) is 0.444. The lowest BCUT2D eigenvalue weighted by Gasteiger charge is -2.34. The van der Waals surface area contributed by atoms with Gasteiger partial charge in [0.2, 0.25) is 0 Å². The molecule has 36 heavy (non-hydrogen) atoms. The van der Waals surface area contributed by atoms with Crippen LogP contribution in [0, 0.1) is 5.41 Å². The molecule has 2 heterocycles. The van der Waals surface area contributed by atoms with Gasteiger partial charge in [0.15, 0.2) is 18.1 Å². The van der Waals surface area contributed by atoms with E-state index in [-0.39, 0.29) is 18.4 Å². The summed E-state index contributed by atoms with van der Waals surface area (Å²) in [5.74, 6) is 1.68. The third kappa shape index (κ3) is 5.46. The number of hydrogen-bond acceptors (Lipinski definition) is 7. The standard InChI is InChI=1S/C27H34N4O5/c1-27(2)17-22(19-6-11-23(34-4)24(16-19)35-5)28-31(26(27)33)20-7-9-21(10-8-20)36-18-25(32)30-14-12-29(3)13-15-30/h6-11,16H,12-15,17-18H2,1-5H3. The van der Waals surface area contributed by atoms with E-state index in [4.69, 9.17) is 19.3 Å². The zero-order valence-electron chi connectivity index (χ0n) is 21.6. The number of methoxy groups -OCH3 is 2. The number of hydrazone groups is 1. The maximum Gasteiger partial charge on any atom is 0.260 e. The summed E-state index contributed by atoms with van der Waals surface area (Å²) < 4.78 is 16.5. The number of likely N-dealkylation sites (N-methyl/N-ethyl adjacent to an activating group) is 1. The minimum atomic E-state index is -0.644. The van der Waals surface area contributed by atoms with Crippen molar-refractivity contribution in [2.45, 2.75) is 20.3 Å². The van der Waals surface area contributed by atoms with E-state index in [9.17, 15) is 9.59 Å². The molecule has 4 rings (SSSR count). The Balaban J connectivity index is 1.50. The van der Waals surface area contributed by atoms with Gasteiger partial charge in [-0.3, -0.25) is 9.59 Å². The van der Waals surface area contributed by atoms with E-state index in [0.717, 1.165) is 24.4 Å². The number of nitrogens with zero attached hydrogens (tertiary/aromatic N) is 4. The molecule has 1 fully saturated rings. The molecule has 2 aromatic rings. The second-order valence-corrected chi connectivity index (χ2v) is 9.76. The van der Waals surface area contributed by atoms with Gasteiger partial charge in [-0.1, -0.05) is 13.8 Å². The van der Waals surface area contributed by atoms with Crippen LogP contribution in [0.25, 0.3) is 0 Å². The molecule has 0 aliphatic carbocycles. The summed E-state index contributed by atoms with van der Waals surface area (Å²) in [5.41, 5.74) is 1.62. The van der Waals surface area contributed by atoms with Gasteiger partial charge in [-0.2, -0.15) is 5.10 Å². The van der Waals surface area contributed by atoms with Crippen molar-refractivity contribution in [3.63, 3.8) is 0 Å². The van der Waals surface area contributed by atoms with Crippen LogP contribution in [0.15, 0.2) is 47.6 Å². The Hall–Kier alpha value is -3.59. The molecule has 2 aromatic carbocycles. The Kier molecular flexibility index (Phi) is 7.49. The van der Waals surface area contributed by atoms with E-state index in [1.807, 2.05) is 36.9 Å². The average Bonchev–Trinajstić information content (AvgIpc) is 2.89. The Labute approximate surface area is 212 Å². The van der Waals surface area contributed by atoms with Crippen LogP contribution in [0.1, 0.15) is 25.8 Å². The minimum absolute atomic E-state index is 0.0136. The number of benzene rings is 2. The molecule has 0 aromatic heterocycles. The van der Waals surface area contributed by atoms with E-state index in [1.165, 1.54) is 5.01 Å². The van der Waals surface area contributed by atoms with Crippen LogP contribution in [-0.2, 0) is 9.59 Å². The summed E-state index contributed by atoms with van der Waals surface area (Å²) in [5, 5.41) is 6.14. The van der Waals surface area contributed by atoms with Crippen molar-refractivity contribution < 1.29 is 23.8 Å². The molecule has 0 radical (unpaired) electrons. The number of ether oxygens (including phenoxy) is 3. The van der Waals surface area contributed by atoms with Crippen LogP contribution in [0.3, 0.4) is 0 Å². The largest absolute Gasteiger partial charge is 0.493 e. The highest BCUT2D eigenvalue weighted by atomic mass is 16.5. The molecule has 0 saturated carbocycles. The van der Waals surface area contributed by atoms with Crippen molar-refractivity contribution in [3.05, 3.63) is 48.0 Å².